The van der Waals surface area contributed by atoms with E-state index in [1.807, 2.05) is 13.8 Å². The summed E-state index contributed by atoms with van der Waals surface area (Å²) in [6.07, 6.45) is 5.04. The average molecular weight is 244 g/mol. The summed E-state index contributed by atoms with van der Waals surface area (Å²) in [5, 5.41) is 20.7. The van der Waals surface area contributed by atoms with Crippen LogP contribution < -0.4 is 5.32 Å². The van der Waals surface area contributed by atoms with Crippen molar-refractivity contribution in [2.75, 3.05) is 11.9 Å². The number of aromatic nitrogens is 2. The van der Waals surface area contributed by atoms with Crippen molar-refractivity contribution in [3.8, 4) is 6.07 Å². The normalized spacial score (nSPS) is 16.1. The fourth-order valence-corrected chi connectivity index (χ4v) is 2.36. The SMILES string of the molecule is CCCC1(CNc2nnc(C)c(C)c2C#N)CC1. The Morgan fingerprint density at radius 3 is 2.61 bits per heavy atom. The molecular formula is C14H20N4. The summed E-state index contributed by atoms with van der Waals surface area (Å²) in [5.74, 6) is 0.642. The Morgan fingerprint density at radius 2 is 2.06 bits per heavy atom. The summed E-state index contributed by atoms with van der Waals surface area (Å²) in [7, 11) is 0. The first-order valence-corrected chi connectivity index (χ1v) is 6.60. The fraction of sp³-hybridized carbons (Fsp3) is 0.643. The molecule has 4 nitrogen and oxygen atoms in total. The van der Waals surface area contributed by atoms with Gasteiger partial charge in [0.15, 0.2) is 5.82 Å². The molecule has 1 heterocycles. The van der Waals surface area contributed by atoms with Crippen molar-refractivity contribution in [3.05, 3.63) is 16.8 Å². The molecule has 1 aromatic rings. The van der Waals surface area contributed by atoms with E-state index >= 15 is 0 Å². The topological polar surface area (TPSA) is 61.6 Å². The second kappa shape index (κ2) is 4.93. The lowest BCUT2D eigenvalue weighted by Crippen LogP contribution is -2.17. The fourth-order valence-electron chi connectivity index (χ4n) is 2.36. The van der Waals surface area contributed by atoms with Crippen LogP contribution in [0.1, 0.15) is 49.4 Å². The number of nitriles is 1. The van der Waals surface area contributed by atoms with Crippen molar-refractivity contribution in [2.24, 2.45) is 5.41 Å². The van der Waals surface area contributed by atoms with Crippen LogP contribution >= 0.6 is 0 Å². The van der Waals surface area contributed by atoms with Crippen LogP contribution in [0.5, 0.6) is 0 Å². The van der Waals surface area contributed by atoms with Crippen LogP contribution in [0.15, 0.2) is 0 Å². The standard InChI is InChI=1S/C14H20N4/c1-4-5-14(6-7-14)9-16-13-12(8-15)10(2)11(3)17-18-13/h4-7,9H2,1-3H3,(H,16,18). The molecule has 1 N–H and O–H groups in total. The van der Waals surface area contributed by atoms with Gasteiger partial charge in [0.1, 0.15) is 11.6 Å². The van der Waals surface area contributed by atoms with Gasteiger partial charge in [0.2, 0.25) is 0 Å². The van der Waals surface area contributed by atoms with Crippen LogP contribution in [0, 0.1) is 30.6 Å². The molecule has 1 aliphatic rings. The second-order valence-corrected chi connectivity index (χ2v) is 5.35. The van der Waals surface area contributed by atoms with Crippen molar-refractivity contribution < 1.29 is 0 Å². The van der Waals surface area contributed by atoms with Crippen molar-refractivity contribution in [3.63, 3.8) is 0 Å². The number of aryl methyl sites for hydroxylation is 1. The predicted molar refractivity (Wildman–Crippen MR) is 71.3 cm³/mol. The molecule has 0 aliphatic heterocycles. The zero-order valence-corrected chi connectivity index (χ0v) is 11.4. The molecular weight excluding hydrogens is 224 g/mol. The molecule has 1 aliphatic carbocycles. The van der Waals surface area contributed by atoms with E-state index in [1.165, 1.54) is 25.7 Å². The Balaban J connectivity index is 2.11. The highest BCUT2D eigenvalue weighted by Gasteiger charge is 2.41. The lowest BCUT2D eigenvalue weighted by atomic mass is 10.0. The number of rotatable bonds is 5. The first-order chi connectivity index (χ1) is 8.62. The van der Waals surface area contributed by atoms with Crippen molar-refractivity contribution >= 4 is 5.82 Å². The summed E-state index contributed by atoms with van der Waals surface area (Å²) in [5.41, 5.74) is 2.83. The van der Waals surface area contributed by atoms with Gasteiger partial charge < -0.3 is 5.32 Å². The van der Waals surface area contributed by atoms with Crippen LogP contribution in [0.2, 0.25) is 0 Å². The van der Waals surface area contributed by atoms with E-state index in [9.17, 15) is 5.26 Å². The number of nitrogens with zero attached hydrogens (tertiary/aromatic N) is 3. The predicted octanol–water partition coefficient (Wildman–Crippen LogP) is 2.96. The Bertz CT molecular complexity index is 483. The maximum atomic E-state index is 9.21. The zero-order chi connectivity index (χ0) is 13.2. The molecule has 0 atom stereocenters. The van der Waals surface area contributed by atoms with Crippen molar-refractivity contribution in [2.45, 2.75) is 46.5 Å². The summed E-state index contributed by atoms with van der Waals surface area (Å²) in [4.78, 5) is 0. The molecule has 0 aromatic carbocycles. The van der Waals surface area contributed by atoms with Crippen LogP contribution in [-0.4, -0.2) is 16.7 Å². The van der Waals surface area contributed by atoms with Crippen LogP contribution in [0.3, 0.4) is 0 Å². The van der Waals surface area contributed by atoms with E-state index in [4.69, 9.17) is 0 Å². The summed E-state index contributed by atoms with van der Waals surface area (Å²) >= 11 is 0. The Hall–Kier alpha value is -1.63. The number of hydrogen-bond donors (Lipinski definition) is 1. The third kappa shape index (κ3) is 2.45. The van der Waals surface area contributed by atoms with Crippen molar-refractivity contribution in [1.82, 2.24) is 10.2 Å². The Labute approximate surface area is 108 Å². The minimum atomic E-state index is 0.446. The number of anilines is 1. The van der Waals surface area contributed by atoms with Crippen LogP contribution in [0.4, 0.5) is 5.82 Å². The molecule has 0 amide bonds. The molecule has 4 heteroatoms. The summed E-state index contributed by atoms with van der Waals surface area (Å²) < 4.78 is 0. The maximum Gasteiger partial charge on any atom is 0.166 e. The highest BCUT2D eigenvalue weighted by atomic mass is 15.2. The second-order valence-electron chi connectivity index (χ2n) is 5.35. The van der Waals surface area contributed by atoms with Gasteiger partial charge in [-0.1, -0.05) is 13.3 Å². The van der Waals surface area contributed by atoms with E-state index in [1.54, 1.807) is 0 Å². The van der Waals surface area contributed by atoms with Gasteiger partial charge in [0.05, 0.1) is 5.69 Å². The highest BCUT2D eigenvalue weighted by molar-refractivity contribution is 5.55. The summed E-state index contributed by atoms with van der Waals surface area (Å²) in [6.45, 7) is 6.93. The monoisotopic (exact) mass is 244 g/mol. The lowest BCUT2D eigenvalue weighted by molar-refractivity contribution is 0.485. The van der Waals surface area contributed by atoms with Gasteiger partial charge in [-0.15, -0.1) is 5.10 Å². The van der Waals surface area contributed by atoms with Gasteiger partial charge in [-0.25, -0.2) is 0 Å². The minimum absolute atomic E-state index is 0.446. The Morgan fingerprint density at radius 1 is 1.33 bits per heavy atom. The molecule has 1 saturated carbocycles. The highest BCUT2D eigenvalue weighted by Crippen LogP contribution is 2.49. The van der Waals surface area contributed by atoms with Crippen molar-refractivity contribution in [1.29, 1.82) is 5.26 Å². The molecule has 1 aromatic heterocycles. The molecule has 0 bridgehead atoms. The lowest BCUT2D eigenvalue weighted by Gasteiger charge is -2.16. The van der Waals surface area contributed by atoms with Gasteiger partial charge >= 0.3 is 0 Å². The molecule has 18 heavy (non-hydrogen) atoms. The smallest absolute Gasteiger partial charge is 0.166 e. The largest absolute Gasteiger partial charge is 0.367 e. The summed E-state index contributed by atoms with van der Waals surface area (Å²) in [6, 6.07) is 2.23. The van der Waals surface area contributed by atoms with Gasteiger partial charge in [0.25, 0.3) is 0 Å². The molecule has 2 rings (SSSR count). The third-order valence-corrected chi connectivity index (χ3v) is 3.93. The molecule has 96 valence electrons. The molecule has 1 fully saturated rings. The van der Waals surface area contributed by atoms with Crippen LogP contribution in [0.25, 0.3) is 0 Å². The molecule has 0 radical (unpaired) electrons. The number of nitrogens with one attached hydrogen (secondary N) is 1. The first kappa shape index (κ1) is 12.8. The number of hydrogen-bond acceptors (Lipinski definition) is 4. The first-order valence-electron chi connectivity index (χ1n) is 6.60. The minimum Gasteiger partial charge on any atom is -0.367 e. The average Bonchev–Trinajstić information content (AvgIpc) is 3.11. The third-order valence-electron chi connectivity index (χ3n) is 3.93. The quantitative estimate of drug-likeness (QED) is 0.865. The maximum absolute atomic E-state index is 9.21. The van der Waals surface area contributed by atoms with Gasteiger partial charge in [-0.2, -0.15) is 10.4 Å². The van der Waals surface area contributed by atoms with E-state index in [0.717, 1.165) is 17.8 Å². The van der Waals surface area contributed by atoms with Crippen LogP contribution in [-0.2, 0) is 0 Å². The Kier molecular flexibility index (Phi) is 3.51. The zero-order valence-electron chi connectivity index (χ0n) is 11.4. The van der Waals surface area contributed by atoms with Gasteiger partial charge in [-0.3, -0.25) is 0 Å². The van der Waals surface area contributed by atoms with Gasteiger partial charge in [-0.05, 0) is 44.1 Å². The van der Waals surface area contributed by atoms with E-state index in [-0.39, 0.29) is 0 Å². The van der Waals surface area contributed by atoms with Gasteiger partial charge in [0, 0.05) is 6.54 Å². The van der Waals surface area contributed by atoms with E-state index < -0.39 is 0 Å². The molecule has 0 unspecified atom stereocenters. The van der Waals surface area contributed by atoms with E-state index in [2.05, 4.69) is 28.5 Å². The molecule has 0 saturated heterocycles. The van der Waals surface area contributed by atoms with E-state index in [0.29, 0.717) is 16.8 Å². The molecule has 0 spiro atoms.